The third-order valence-corrected chi connectivity index (χ3v) is 4.27. The first-order chi connectivity index (χ1) is 13.1. The van der Waals surface area contributed by atoms with Crippen LogP contribution in [-0.4, -0.2) is 23.5 Å². The summed E-state index contributed by atoms with van der Waals surface area (Å²) in [7, 11) is 0. The molecule has 1 heterocycles. The molecule has 3 aromatic rings. The van der Waals surface area contributed by atoms with Crippen LogP contribution in [-0.2, 0) is 27.3 Å². The molecule has 6 heteroatoms. The molecule has 0 aliphatic carbocycles. The van der Waals surface area contributed by atoms with E-state index in [9.17, 15) is 14.0 Å². The quantitative estimate of drug-likeness (QED) is 0.598. The molecular formula is C21H21FN2O3. The summed E-state index contributed by atoms with van der Waals surface area (Å²) in [6.45, 7) is -0.0512. The second-order valence-electron chi connectivity index (χ2n) is 6.28. The summed E-state index contributed by atoms with van der Waals surface area (Å²) >= 11 is 0. The second kappa shape index (κ2) is 8.98. The van der Waals surface area contributed by atoms with Crippen molar-refractivity contribution in [3.63, 3.8) is 0 Å². The predicted molar refractivity (Wildman–Crippen MR) is 100 cm³/mol. The topological polar surface area (TPSA) is 71.2 Å². The maximum absolute atomic E-state index is 12.8. The Bertz CT molecular complexity index is 919. The molecule has 0 unspecified atom stereocenters. The first-order valence-electron chi connectivity index (χ1n) is 8.83. The number of nitrogens with one attached hydrogen (secondary N) is 2. The molecule has 27 heavy (non-hydrogen) atoms. The Morgan fingerprint density at radius 3 is 2.67 bits per heavy atom. The Labute approximate surface area is 156 Å². The Hall–Kier alpha value is -3.15. The van der Waals surface area contributed by atoms with Crippen LogP contribution in [0.2, 0.25) is 0 Å². The van der Waals surface area contributed by atoms with Gasteiger partial charge in [-0.1, -0.05) is 30.3 Å². The van der Waals surface area contributed by atoms with E-state index in [-0.39, 0.29) is 31.3 Å². The number of amides is 1. The summed E-state index contributed by atoms with van der Waals surface area (Å²) in [6, 6.07) is 13.9. The van der Waals surface area contributed by atoms with Gasteiger partial charge in [0.05, 0.1) is 0 Å². The van der Waals surface area contributed by atoms with Gasteiger partial charge in [-0.05, 0) is 42.2 Å². The van der Waals surface area contributed by atoms with Crippen molar-refractivity contribution in [2.75, 3.05) is 6.61 Å². The number of fused-ring (bicyclic) bond motifs is 1. The van der Waals surface area contributed by atoms with Crippen LogP contribution in [0.25, 0.3) is 10.9 Å². The molecule has 0 atom stereocenters. The fourth-order valence-electron chi connectivity index (χ4n) is 2.83. The largest absolute Gasteiger partial charge is 0.456 e. The molecule has 0 aliphatic heterocycles. The number of ether oxygens (including phenoxy) is 1. The molecule has 5 nitrogen and oxygen atoms in total. The van der Waals surface area contributed by atoms with Crippen LogP contribution >= 0.6 is 0 Å². The van der Waals surface area contributed by atoms with Crippen molar-refractivity contribution in [3.8, 4) is 0 Å². The van der Waals surface area contributed by atoms with Crippen molar-refractivity contribution < 1.29 is 18.7 Å². The molecule has 3 rings (SSSR count). The number of para-hydroxylation sites is 1. The van der Waals surface area contributed by atoms with Gasteiger partial charge in [-0.25, -0.2) is 4.39 Å². The number of aromatic nitrogens is 1. The van der Waals surface area contributed by atoms with Crippen molar-refractivity contribution >= 4 is 22.8 Å². The van der Waals surface area contributed by atoms with E-state index >= 15 is 0 Å². The molecule has 2 aromatic carbocycles. The number of aromatic amines is 1. The van der Waals surface area contributed by atoms with Gasteiger partial charge in [0, 0.05) is 30.1 Å². The summed E-state index contributed by atoms with van der Waals surface area (Å²) in [5.41, 5.74) is 3.01. The van der Waals surface area contributed by atoms with E-state index in [2.05, 4.69) is 10.3 Å². The van der Waals surface area contributed by atoms with Crippen LogP contribution < -0.4 is 5.32 Å². The van der Waals surface area contributed by atoms with Gasteiger partial charge in [0.1, 0.15) is 5.82 Å². The number of hydrogen-bond acceptors (Lipinski definition) is 3. The molecule has 0 aliphatic rings. The first kappa shape index (κ1) is 18.6. The molecule has 0 spiro atoms. The van der Waals surface area contributed by atoms with E-state index in [4.69, 9.17) is 4.74 Å². The summed E-state index contributed by atoms with van der Waals surface area (Å²) in [5.74, 6) is -1.11. The summed E-state index contributed by atoms with van der Waals surface area (Å²) in [4.78, 5) is 26.7. The van der Waals surface area contributed by atoms with Crippen molar-refractivity contribution in [3.05, 3.63) is 71.7 Å². The summed E-state index contributed by atoms with van der Waals surface area (Å²) < 4.78 is 17.8. The lowest BCUT2D eigenvalue weighted by Gasteiger charge is -2.07. The number of carbonyl (C=O) groups is 2. The van der Waals surface area contributed by atoms with Crippen molar-refractivity contribution in [1.82, 2.24) is 10.3 Å². The smallest absolute Gasteiger partial charge is 0.306 e. The zero-order chi connectivity index (χ0) is 19.1. The molecular weight excluding hydrogens is 347 g/mol. The molecule has 0 bridgehead atoms. The molecule has 0 saturated heterocycles. The molecule has 1 amide bonds. The minimum atomic E-state index is -0.397. The Morgan fingerprint density at radius 2 is 1.85 bits per heavy atom. The lowest BCUT2D eigenvalue weighted by atomic mass is 10.1. The predicted octanol–water partition coefficient (Wildman–Crippen LogP) is 3.49. The normalized spacial score (nSPS) is 10.7. The van der Waals surface area contributed by atoms with E-state index < -0.39 is 5.97 Å². The van der Waals surface area contributed by atoms with Gasteiger partial charge in [-0.2, -0.15) is 0 Å². The van der Waals surface area contributed by atoms with Crippen molar-refractivity contribution in [2.45, 2.75) is 25.8 Å². The fraction of sp³-hybridized carbons (Fsp3) is 0.238. The molecule has 1 aromatic heterocycles. The van der Waals surface area contributed by atoms with Crippen LogP contribution in [0.15, 0.2) is 54.7 Å². The van der Waals surface area contributed by atoms with Crippen LogP contribution in [0.5, 0.6) is 0 Å². The molecule has 0 radical (unpaired) electrons. The highest BCUT2D eigenvalue weighted by Crippen LogP contribution is 2.19. The Morgan fingerprint density at radius 1 is 1.07 bits per heavy atom. The van der Waals surface area contributed by atoms with Crippen LogP contribution in [0, 0.1) is 5.82 Å². The zero-order valence-corrected chi connectivity index (χ0v) is 14.8. The number of esters is 1. The van der Waals surface area contributed by atoms with Gasteiger partial charge in [0.15, 0.2) is 6.61 Å². The highest BCUT2D eigenvalue weighted by molar-refractivity contribution is 5.83. The van der Waals surface area contributed by atoms with E-state index in [0.717, 1.165) is 28.5 Å². The number of aryl methyl sites for hydroxylation is 1. The maximum atomic E-state index is 12.8. The van der Waals surface area contributed by atoms with Crippen LogP contribution in [0.1, 0.15) is 24.0 Å². The average molecular weight is 368 g/mol. The van der Waals surface area contributed by atoms with Crippen LogP contribution in [0.4, 0.5) is 4.39 Å². The maximum Gasteiger partial charge on any atom is 0.306 e. The average Bonchev–Trinajstić information content (AvgIpc) is 3.09. The van der Waals surface area contributed by atoms with Crippen LogP contribution in [0.3, 0.4) is 0 Å². The summed E-state index contributed by atoms with van der Waals surface area (Å²) in [5, 5.41) is 3.79. The lowest BCUT2D eigenvalue weighted by Crippen LogP contribution is -2.28. The van der Waals surface area contributed by atoms with Crippen molar-refractivity contribution in [1.29, 1.82) is 0 Å². The Balaban J connectivity index is 1.34. The third kappa shape index (κ3) is 5.41. The number of halogens is 1. The van der Waals surface area contributed by atoms with Gasteiger partial charge >= 0.3 is 5.97 Å². The van der Waals surface area contributed by atoms with Gasteiger partial charge in [0.25, 0.3) is 5.91 Å². The lowest BCUT2D eigenvalue weighted by molar-refractivity contribution is -0.148. The number of rotatable bonds is 8. The van der Waals surface area contributed by atoms with Crippen molar-refractivity contribution in [2.24, 2.45) is 0 Å². The van der Waals surface area contributed by atoms with Gasteiger partial charge in [-0.15, -0.1) is 0 Å². The van der Waals surface area contributed by atoms with E-state index in [0.29, 0.717) is 6.42 Å². The highest BCUT2D eigenvalue weighted by atomic mass is 19.1. The third-order valence-electron chi connectivity index (χ3n) is 4.27. The fourth-order valence-corrected chi connectivity index (χ4v) is 2.83. The number of benzene rings is 2. The monoisotopic (exact) mass is 368 g/mol. The minimum absolute atomic E-state index is 0.255. The van der Waals surface area contributed by atoms with Gasteiger partial charge in [-0.3, -0.25) is 9.59 Å². The van der Waals surface area contributed by atoms with E-state index in [1.54, 1.807) is 12.1 Å². The van der Waals surface area contributed by atoms with E-state index in [1.807, 2.05) is 30.5 Å². The van der Waals surface area contributed by atoms with Gasteiger partial charge in [0.2, 0.25) is 0 Å². The molecule has 0 fully saturated rings. The minimum Gasteiger partial charge on any atom is -0.456 e. The number of H-pyrrole nitrogens is 1. The molecule has 2 N–H and O–H groups in total. The van der Waals surface area contributed by atoms with Gasteiger partial charge < -0.3 is 15.0 Å². The highest BCUT2D eigenvalue weighted by Gasteiger charge is 2.09. The molecule has 140 valence electrons. The number of carbonyl (C=O) groups excluding carboxylic acids is 2. The Kier molecular flexibility index (Phi) is 6.20. The SMILES string of the molecule is O=C(COC(=O)CCCc1c[nH]c2ccccc12)NCc1ccc(F)cc1. The first-order valence-corrected chi connectivity index (χ1v) is 8.83. The summed E-state index contributed by atoms with van der Waals surface area (Å²) in [6.07, 6.45) is 3.62. The zero-order valence-electron chi connectivity index (χ0n) is 14.8. The standard InChI is InChI=1S/C21H21FN2O3/c22-17-10-8-15(9-11-17)12-24-20(25)14-27-21(26)7-3-4-16-13-23-19-6-2-1-5-18(16)19/h1-2,5-6,8-11,13,23H,3-4,7,12,14H2,(H,24,25). The van der Waals surface area contributed by atoms with E-state index in [1.165, 1.54) is 12.1 Å². The second-order valence-corrected chi connectivity index (χ2v) is 6.28. The molecule has 0 saturated carbocycles. The number of hydrogen-bond donors (Lipinski definition) is 2.